The summed E-state index contributed by atoms with van der Waals surface area (Å²) in [5, 5.41) is 4.19. The number of hydrogen-bond donors (Lipinski definition) is 0. The smallest absolute Gasteiger partial charge is 0.266 e. The Morgan fingerprint density at radius 2 is 1.79 bits per heavy atom. The molecule has 6 nitrogen and oxygen atoms in total. The largest absolute Gasteiger partial charge is 0.496 e. The van der Waals surface area contributed by atoms with Crippen LogP contribution in [-0.4, -0.2) is 54.4 Å². The molecule has 0 amide bonds. The third kappa shape index (κ3) is 3.24. The quantitative estimate of drug-likeness (QED) is 0.859. The number of rotatable bonds is 4. The number of aryl methyl sites for hydroxylation is 2. The minimum absolute atomic E-state index is 0.548. The minimum atomic E-state index is 0.548. The molecule has 0 aliphatic carbocycles. The summed E-state index contributed by atoms with van der Waals surface area (Å²) in [5.74, 6) is 2.06. The third-order valence-corrected chi connectivity index (χ3v) is 4.71. The maximum absolute atomic E-state index is 5.53. The lowest BCUT2D eigenvalue weighted by molar-refractivity contribution is 0.208. The molecule has 1 fully saturated rings. The van der Waals surface area contributed by atoms with Crippen LogP contribution >= 0.6 is 0 Å². The van der Waals surface area contributed by atoms with Crippen LogP contribution in [0.5, 0.6) is 5.75 Å². The average Bonchev–Trinajstić information content (AvgIpc) is 3.05. The van der Waals surface area contributed by atoms with Crippen molar-refractivity contribution >= 4 is 5.95 Å². The first kappa shape index (κ1) is 16.8. The van der Waals surface area contributed by atoms with E-state index in [-0.39, 0.29) is 0 Å². The molecular weight excluding hydrogens is 304 g/mol. The monoisotopic (exact) mass is 330 g/mol. The van der Waals surface area contributed by atoms with Crippen LogP contribution in [0, 0.1) is 13.8 Å². The Balaban J connectivity index is 1.79. The summed E-state index contributed by atoms with van der Waals surface area (Å²) in [5.41, 5.74) is 3.13. The van der Waals surface area contributed by atoms with E-state index in [9.17, 15) is 0 Å². The standard InChI is InChI=1S/C18H26N4O2/c1-12(2)21-6-8-22(9-7-21)18-19-17(24-20-18)15-11-16(23-5)14(4)10-13(15)3/h10-12H,6-9H2,1-5H3. The average molecular weight is 330 g/mol. The molecule has 0 atom stereocenters. The van der Waals surface area contributed by atoms with Crippen molar-refractivity contribution in [2.75, 3.05) is 38.2 Å². The molecule has 0 N–H and O–H groups in total. The molecule has 2 aromatic rings. The van der Waals surface area contributed by atoms with Gasteiger partial charge < -0.3 is 14.2 Å². The van der Waals surface area contributed by atoms with E-state index in [0.717, 1.165) is 48.6 Å². The Morgan fingerprint density at radius 3 is 2.42 bits per heavy atom. The van der Waals surface area contributed by atoms with Crippen LogP contribution in [0.4, 0.5) is 5.95 Å². The Kier molecular flexibility index (Phi) is 4.76. The van der Waals surface area contributed by atoms with Gasteiger partial charge in [0.1, 0.15) is 5.75 Å². The number of ether oxygens (including phenoxy) is 1. The highest BCUT2D eigenvalue weighted by molar-refractivity contribution is 5.63. The van der Waals surface area contributed by atoms with E-state index >= 15 is 0 Å². The van der Waals surface area contributed by atoms with Crippen molar-refractivity contribution in [1.82, 2.24) is 15.0 Å². The van der Waals surface area contributed by atoms with Crippen LogP contribution in [0.25, 0.3) is 11.5 Å². The highest BCUT2D eigenvalue weighted by Gasteiger charge is 2.23. The molecule has 1 aliphatic heterocycles. The molecule has 6 heteroatoms. The maximum Gasteiger partial charge on any atom is 0.266 e. The Morgan fingerprint density at radius 1 is 1.08 bits per heavy atom. The summed E-state index contributed by atoms with van der Waals surface area (Å²) in [6.07, 6.45) is 0. The summed E-state index contributed by atoms with van der Waals surface area (Å²) in [4.78, 5) is 9.27. The highest BCUT2D eigenvalue weighted by Crippen LogP contribution is 2.30. The van der Waals surface area contributed by atoms with E-state index in [2.05, 4.69) is 39.9 Å². The third-order valence-electron chi connectivity index (χ3n) is 4.71. The number of methoxy groups -OCH3 is 1. The first-order valence-corrected chi connectivity index (χ1v) is 8.48. The summed E-state index contributed by atoms with van der Waals surface area (Å²) >= 11 is 0. The number of piperazine rings is 1. The van der Waals surface area contributed by atoms with Crippen LogP contribution < -0.4 is 9.64 Å². The van der Waals surface area contributed by atoms with Crippen molar-refractivity contribution in [1.29, 1.82) is 0 Å². The van der Waals surface area contributed by atoms with Gasteiger partial charge in [0.05, 0.1) is 7.11 Å². The van der Waals surface area contributed by atoms with Crippen molar-refractivity contribution in [3.8, 4) is 17.2 Å². The van der Waals surface area contributed by atoms with Crippen LogP contribution in [0.1, 0.15) is 25.0 Å². The normalized spacial score (nSPS) is 16.0. The second-order valence-corrected chi connectivity index (χ2v) is 6.65. The minimum Gasteiger partial charge on any atom is -0.496 e. The second-order valence-electron chi connectivity index (χ2n) is 6.65. The molecule has 1 aliphatic rings. The summed E-state index contributed by atoms with van der Waals surface area (Å²) in [7, 11) is 1.68. The fraction of sp³-hybridized carbons (Fsp3) is 0.556. The summed E-state index contributed by atoms with van der Waals surface area (Å²) < 4.78 is 10.9. The molecule has 0 spiro atoms. The Labute approximate surface area is 143 Å². The number of hydrogen-bond acceptors (Lipinski definition) is 6. The molecule has 0 radical (unpaired) electrons. The Bertz CT molecular complexity index is 703. The fourth-order valence-corrected chi connectivity index (χ4v) is 3.17. The van der Waals surface area contributed by atoms with Gasteiger partial charge in [-0.05, 0) is 50.0 Å². The van der Waals surface area contributed by atoms with Gasteiger partial charge in [-0.25, -0.2) is 0 Å². The Hall–Kier alpha value is -2.08. The van der Waals surface area contributed by atoms with Gasteiger partial charge in [0.2, 0.25) is 0 Å². The predicted molar refractivity (Wildman–Crippen MR) is 94.7 cm³/mol. The van der Waals surface area contributed by atoms with Gasteiger partial charge in [0.15, 0.2) is 0 Å². The molecule has 3 rings (SSSR count). The lowest BCUT2D eigenvalue weighted by atomic mass is 10.0. The van der Waals surface area contributed by atoms with E-state index in [1.54, 1.807) is 7.11 Å². The zero-order valence-electron chi connectivity index (χ0n) is 15.2. The molecule has 0 bridgehead atoms. The van der Waals surface area contributed by atoms with Crippen LogP contribution in [0.15, 0.2) is 16.7 Å². The van der Waals surface area contributed by atoms with E-state index in [1.165, 1.54) is 0 Å². The van der Waals surface area contributed by atoms with E-state index < -0.39 is 0 Å². The number of nitrogens with zero attached hydrogens (tertiary/aromatic N) is 4. The molecule has 0 unspecified atom stereocenters. The van der Waals surface area contributed by atoms with Crippen molar-refractivity contribution in [2.45, 2.75) is 33.7 Å². The van der Waals surface area contributed by atoms with Gasteiger partial charge in [-0.15, -0.1) is 0 Å². The van der Waals surface area contributed by atoms with Crippen molar-refractivity contribution in [3.63, 3.8) is 0 Å². The van der Waals surface area contributed by atoms with E-state index in [0.29, 0.717) is 17.9 Å². The summed E-state index contributed by atoms with van der Waals surface area (Å²) in [6, 6.07) is 4.63. The molecule has 1 saturated heterocycles. The molecular formula is C18H26N4O2. The van der Waals surface area contributed by atoms with Gasteiger partial charge in [-0.2, -0.15) is 4.98 Å². The van der Waals surface area contributed by atoms with Gasteiger partial charge >= 0.3 is 0 Å². The van der Waals surface area contributed by atoms with Crippen molar-refractivity contribution in [3.05, 3.63) is 23.3 Å². The van der Waals surface area contributed by atoms with E-state index in [1.807, 2.05) is 19.9 Å². The SMILES string of the molecule is COc1cc(-c2nc(N3CCN(C(C)C)CC3)no2)c(C)cc1C. The van der Waals surface area contributed by atoms with Gasteiger partial charge in [0, 0.05) is 37.8 Å². The fourth-order valence-electron chi connectivity index (χ4n) is 3.17. The van der Waals surface area contributed by atoms with Crippen LogP contribution in [-0.2, 0) is 0 Å². The van der Waals surface area contributed by atoms with Crippen molar-refractivity contribution in [2.24, 2.45) is 0 Å². The topological polar surface area (TPSA) is 54.6 Å². The van der Waals surface area contributed by atoms with Gasteiger partial charge in [-0.3, -0.25) is 4.90 Å². The number of aromatic nitrogens is 2. The van der Waals surface area contributed by atoms with Crippen LogP contribution in [0.2, 0.25) is 0 Å². The first-order valence-electron chi connectivity index (χ1n) is 8.48. The molecule has 2 heterocycles. The first-order chi connectivity index (χ1) is 11.5. The number of benzene rings is 1. The molecule has 1 aromatic heterocycles. The lowest BCUT2D eigenvalue weighted by Crippen LogP contribution is -2.49. The lowest BCUT2D eigenvalue weighted by Gasteiger charge is -2.36. The van der Waals surface area contributed by atoms with Gasteiger partial charge in [0.25, 0.3) is 11.8 Å². The second kappa shape index (κ2) is 6.81. The molecule has 24 heavy (non-hydrogen) atoms. The predicted octanol–water partition coefficient (Wildman–Crippen LogP) is 2.89. The molecule has 1 aromatic carbocycles. The maximum atomic E-state index is 5.53. The van der Waals surface area contributed by atoms with Crippen LogP contribution in [0.3, 0.4) is 0 Å². The number of anilines is 1. The summed E-state index contributed by atoms with van der Waals surface area (Å²) in [6.45, 7) is 12.4. The zero-order valence-corrected chi connectivity index (χ0v) is 15.2. The van der Waals surface area contributed by atoms with Crippen molar-refractivity contribution < 1.29 is 9.26 Å². The molecule has 130 valence electrons. The molecule has 0 saturated carbocycles. The zero-order chi connectivity index (χ0) is 17.3. The van der Waals surface area contributed by atoms with E-state index in [4.69, 9.17) is 9.26 Å². The highest BCUT2D eigenvalue weighted by atomic mass is 16.5. The van der Waals surface area contributed by atoms with Gasteiger partial charge in [-0.1, -0.05) is 6.07 Å².